The van der Waals surface area contributed by atoms with Crippen LogP contribution in [-0.2, 0) is 0 Å². The van der Waals surface area contributed by atoms with Gasteiger partial charge in [0.25, 0.3) is 0 Å². The van der Waals surface area contributed by atoms with Gasteiger partial charge in [-0.1, -0.05) is 26.8 Å². The Morgan fingerprint density at radius 2 is 1.89 bits per heavy atom. The van der Waals surface area contributed by atoms with Gasteiger partial charge in [-0.15, -0.1) is 0 Å². The minimum absolute atomic E-state index is 0.168. The van der Waals surface area contributed by atoms with Crippen LogP contribution in [0.5, 0.6) is 0 Å². The molecule has 0 aliphatic heterocycles. The van der Waals surface area contributed by atoms with E-state index < -0.39 is 0 Å². The predicted octanol–water partition coefficient (Wildman–Crippen LogP) is 3.42. The minimum Gasteiger partial charge on any atom is -0.333 e. The first-order chi connectivity index (χ1) is 8.18. The maximum atomic E-state index is 11.9. The maximum absolute atomic E-state index is 11.9. The molecule has 0 aliphatic carbocycles. The van der Waals surface area contributed by atoms with Gasteiger partial charge >= 0.3 is 6.03 Å². The molecule has 0 spiro atoms. The van der Waals surface area contributed by atoms with E-state index in [4.69, 9.17) is 0 Å². The van der Waals surface area contributed by atoms with E-state index in [0.29, 0.717) is 5.82 Å². The van der Waals surface area contributed by atoms with Gasteiger partial charge in [-0.05, 0) is 37.8 Å². The molecule has 100 valence electrons. The van der Waals surface area contributed by atoms with Gasteiger partial charge in [0.1, 0.15) is 5.82 Å². The largest absolute Gasteiger partial charge is 0.333 e. The fraction of sp³-hybridized carbons (Fsp3) is 0.571. The Labute approximate surface area is 109 Å². The summed E-state index contributed by atoms with van der Waals surface area (Å²) in [5, 5.41) is 5.69. The van der Waals surface area contributed by atoms with Crippen LogP contribution in [0, 0.1) is 5.41 Å². The van der Waals surface area contributed by atoms with Gasteiger partial charge < -0.3 is 5.32 Å². The molecule has 4 nitrogen and oxygen atoms in total. The van der Waals surface area contributed by atoms with E-state index in [-0.39, 0.29) is 17.0 Å². The Kier molecular flexibility index (Phi) is 4.33. The number of pyridine rings is 1. The molecular weight excluding hydrogens is 226 g/mol. The molecule has 0 aromatic carbocycles. The molecule has 4 heteroatoms. The first-order valence-electron chi connectivity index (χ1n) is 6.18. The molecule has 0 bridgehead atoms. The number of aromatic nitrogens is 1. The van der Waals surface area contributed by atoms with Crippen molar-refractivity contribution in [2.45, 2.75) is 46.6 Å². The van der Waals surface area contributed by atoms with Crippen molar-refractivity contribution < 1.29 is 4.79 Å². The van der Waals surface area contributed by atoms with Crippen molar-refractivity contribution in [2.75, 3.05) is 5.32 Å². The van der Waals surface area contributed by atoms with Gasteiger partial charge in [-0.25, -0.2) is 9.78 Å². The van der Waals surface area contributed by atoms with Crippen molar-refractivity contribution in [2.24, 2.45) is 5.41 Å². The van der Waals surface area contributed by atoms with E-state index in [9.17, 15) is 4.79 Å². The van der Waals surface area contributed by atoms with E-state index >= 15 is 0 Å². The Morgan fingerprint density at radius 1 is 1.22 bits per heavy atom. The topological polar surface area (TPSA) is 54.0 Å². The van der Waals surface area contributed by atoms with Gasteiger partial charge in [0.2, 0.25) is 0 Å². The molecule has 0 saturated heterocycles. The predicted molar refractivity (Wildman–Crippen MR) is 74.5 cm³/mol. The van der Waals surface area contributed by atoms with Gasteiger partial charge in [0.15, 0.2) is 0 Å². The first kappa shape index (κ1) is 14.5. The van der Waals surface area contributed by atoms with Crippen LogP contribution in [0.4, 0.5) is 10.6 Å². The molecule has 1 aromatic rings. The lowest BCUT2D eigenvalue weighted by Gasteiger charge is -2.33. The summed E-state index contributed by atoms with van der Waals surface area (Å²) in [4.78, 5) is 15.9. The lowest BCUT2D eigenvalue weighted by molar-refractivity contribution is 0.220. The number of nitrogens with zero attached hydrogens (tertiary/aromatic N) is 1. The molecule has 2 amide bonds. The number of rotatable bonds is 3. The second-order valence-electron chi connectivity index (χ2n) is 6.42. The van der Waals surface area contributed by atoms with Crippen LogP contribution in [0.25, 0.3) is 0 Å². The van der Waals surface area contributed by atoms with E-state index in [2.05, 4.69) is 36.4 Å². The van der Waals surface area contributed by atoms with Gasteiger partial charge in [-0.2, -0.15) is 0 Å². The summed E-state index contributed by atoms with van der Waals surface area (Å²) >= 11 is 0. The highest BCUT2D eigenvalue weighted by Crippen LogP contribution is 2.26. The Morgan fingerprint density at radius 3 is 2.39 bits per heavy atom. The normalized spacial score (nSPS) is 12.1. The van der Waals surface area contributed by atoms with Crippen molar-refractivity contribution in [1.29, 1.82) is 0 Å². The second kappa shape index (κ2) is 5.38. The SMILES string of the molecule is CC(C)(C)CC(C)(C)NC(=O)Nc1ccccn1. The number of amides is 2. The first-order valence-corrected chi connectivity index (χ1v) is 6.18. The van der Waals surface area contributed by atoms with Crippen LogP contribution < -0.4 is 10.6 Å². The molecule has 0 aliphatic rings. The van der Waals surface area contributed by atoms with E-state index in [1.807, 2.05) is 26.0 Å². The second-order valence-corrected chi connectivity index (χ2v) is 6.42. The quantitative estimate of drug-likeness (QED) is 0.862. The zero-order valence-corrected chi connectivity index (χ0v) is 11.9. The van der Waals surface area contributed by atoms with E-state index in [1.54, 1.807) is 12.3 Å². The third-order valence-corrected chi connectivity index (χ3v) is 2.33. The molecular formula is C14H23N3O. The summed E-state index contributed by atoms with van der Waals surface area (Å²) in [6.07, 6.45) is 2.55. The average molecular weight is 249 g/mol. The summed E-state index contributed by atoms with van der Waals surface area (Å²) < 4.78 is 0. The number of anilines is 1. The Bertz CT molecular complexity index is 393. The van der Waals surface area contributed by atoms with Crippen molar-refractivity contribution in [3.05, 3.63) is 24.4 Å². The summed E-state index contributed by atoms with van der Waals surface area (Å²) in [6.45, 7) is 10.5. The lowest BCUT2D eigenvalue weighted by atomic mass is 9.82. The number of hydrogen-bond donors (Lipinski definition) is 2. The molecule has 1 rings (SSSR count). The zero-order chi connectivity index (χ0) is 13.8. The van der Waals surface area contributed by atoms with Crippen molar-refractivity contribution >= 4 is 11.8 Å². The molecule has 18 heavy (non-hydrogen) atoms. The maximum Gasteiger partial charge on any atom is 0.320 e. The third kappa shape index (κ3) is 5.66. The fourth-order valence-corrected chi connectivity index (χ4v) is 2.26. The molecule has 0 unspecified atom stereocenters. The fourth-order valence-electron chi connectivity index (χ4n) is 2.26. The standard InChI is InChI=1S/C14H23N3O/c1-13(2,3)10-14(4,5)17-12(18)16-11-8-6-7-9-15-11/h6-9H,10H2,1-5H3,(H2,15,16,17,18). The van der Waals surface area contributed by atoms with Crippen LogP contribution in [-0.4, -0.2) is 16.6 Å². The molecule has 0 radical (unpaired) electrons. The smallest absolute Gasteiger partial charge is 0.320 e. The zero-order valence-electron chi connectivity index (χ0n) is 11.9. The Hall–Kier alpha value is -1.58. The van der Waals surface area contributed by atoms with Crippen LogP contribution in [0.1, 0.15) is 41.0 Å². The molecule has 0 atom stereocenters. The minimum atomic E-state index is -0.253. The van der Waals surface area contributed by atoms with Crippen molar-refractivity contribution in [3.63, 3.8) is 0 Å². The summed E-state index contributed by atoms with van der Waals surface area (Å²) in [6, 6.07) is 5.19. The third-order valence-electron chi connectivity index (χ3n) is 2.33. The molecule has 1 heterocycles. The Balaban J connectivity index is 2.54. The number of nitrogens with one attached hydrogen (secondary N) is 2. The molecule has 0 fully saturated rings. The molecule has 0 saturated carbocycles. The van der Waals surface area contributed by atoms with E-state index in [1.165, 1.54) is 0 Å². The van der Waals surface area contributed by atoms with Crippen LogP contribution in [0.3, 0.4) is 0 Å². The average Bonchev–Trinajstić information content (AvgIpc) is 2.13. The number of urea groups is 1. The summed E-state index contributed by atoms with van der Waals surface area (Å²) in [5.74, 6) is 0.557. The van der Waals surface area contributed by atoms with Gasteiger partial charge in [0.05, 0.1) is 0 Å². The van der Waals surface area contributed by atoms with Gasteiger partial charge in [0, 0.05) is 11.7 Å². The molecule has 2 N–H and O–H groups in total. The number of carbonyl (C=O) groups is 1. The van der Waals surface area contributed by atoms with Crippen LogP contribution in [0.2, 0.25) is 0 Å². The summed E-state index contributed by atoms with van der Waals surface area (Å²) in [5.41, 5.74) is -0.0844. The highest BCUT2D eigenvalue weighted by atomic mass is 16.2. The van der Waals surface area contributed by atoms with E-state index in [0.717, 1.165) is 6.42 Å². The van der Waals surface area contributed by atoms with Crippen molar-refractivity contribution in [3.8, 4) is 0 Å². The number of carbonyl (C=O) groups excluding carboxylic acids is 1. The monoisotopic (exact) mass is 249 g/mol. The highest BCUT2D eigenvalue weighted by Gasteiger charge is 2.26. The van der Waals surface area contributed by atoms with Gasteiger partial charge in [-0.3, -0.25) is 5.32 Å². The highest BCUT2D eigenvalue weighted by molar-refractivity contribution is 5.88. The summed E-state index contributed by atoms with van der Waals surface area (Å²) in [7, 11) is 0. The van der Waals surface area contributed by atoms with Crippen LogP contribution in [0.15, 0.2) is 24.4 Å². The van der Waals surface area contributed by atoms with Crippen molar-refractivity contribution in [1.82, 2.24) is 10.3 Å². The molecule has 1 aromatic heterocycles. The number of hydrogen-bond acceptors (Lipinski definition) is 2. The lowest BCUT2D eigenvalue weighted by Crippen LogP contribution is -2.47. The van der Waals surface area contributed by atoms with Crippen LogP contribution >= 0.6 is 0 Å².